The molecule has 2 aliphatic rings. The summed E-state index contributed by atoms with van der Waals surface area (Å²) in [6.07, 6.45) is 7.07. The third kappa shape index (κ3) is 5.58. The lowest BCUT2D eigenvalue weighted by molar-refractivity contribution is -0.384. The number of nitro groups is 1. The van der Waals surface area contributed by atoms with Gasteiger partial charge in [0.25, 0.3) is 5.69 Å². The zero-order valence-corrected chi connectivity index (χ0v) is 21.7. The van der Waals surface area contributed by atoms with E-state index in [4.69, 9.17) is 16.3 Å². The maximum absolute atomic E-state index is 11.2. The summed E-state index contributed by atoms with van der Waals surface area (Å²) in [4.78, 5) is 13.2. The summed E-state index contributed by atoms with van der Waals surface area (Å²) >= 11 is 6.60. The summed E-state index contributed by atoms with van der Waals surface area (Å²) in [5.41, 5.74) is 6.53. The Kier molecular flexibility index (Phi) is 7.76. The Morgan fingerprint density at radius 1 is 1.05 bits per heavy atom. The van der Waals surface area contributed by atoms with E-state index in [1.165, 1.54) is 6.07 Å². The molecule has 0 bridgehead atoms. The van der Waals surface area contributed by atoms with Crippen molar-refractivity contribution in [2.24, 2.45) is 10.2 Å². The summed E-state index contributed by atoms with van der Waals surface area (Å²) in [7, 11) is 0. The van der Waals surface area contributed by atoms with Gasteiger partial charge >= 0.3 is 0 Å². The number of benzene rings is 2. The molecule has 1 aliphatic carbocycles. The minimum atomic E-state index is -0.372. The number of aryl methyl sites for hydroxylation is 1. The van der Waals surface area contributed by atoms with Crippen LogP contribution in [-0.4, -0.2) is 58.3 Å². The molecule has 0 saturated carbocycles. The molecule has 0 radical (unpaired) electrons. The highest BCUT2D eigenvalue weighted by Crippen LogP contribution is 2.35. The van der Waals surface area contributed by atoms with Gasteiger partial charge in [-0.1, -0.05) is 41.9 Å². The highest BCUT2D eigenvalue weighted by molar-refractivity contribution is 6.32. The number of hydrogen-bond acceptors (Lipinski definition) is 7. The molecule has 10 heteroatoms. The van der Waals surface area contributed by atoms with Gasteiger partial charge in [0.05, 0.1) is 47.5 Å². The zero-order valence-electron chi connectivity index (χ0n) is 21.0. The Hall–Kier alpha value is -4.08. The molecule has 1 aliphatic heterocycles. The van der Waals surface area contributed by atoms with Crippen molar-refractivity contribution in [2.45, 2.75) is 19.8 Å². The van der Waals surface area contributed by atoms with E-state index in [0.29, 0.717) is 23.9 Å². The summed E-state index contributed by atoms with van der Waals surface area (Å²) < 4.78 is 7.24. The fraction of sp³-hybridized carbons (Fsp3) is 0.250. The standard InChI is InChI=1S/C28H27ClN6O3/c1-20-26(28(29)34(32-20)24-7-3-2-4-8-24)19-31-30-18-23-11-10-22(27(23)33-12-14-38-15-13-33)16-21-6-5-9-25(17-21)35(36)37/h2-9,16-19H,10-15H2,1H3/b22-16+,30-18-,31-19-. The van der Waals surface area contributed by atoms with Crippen LogP contribution in [0.15, 0.2) is 81.6 Å². The predicted molar refractivity (Wildman–Crippen MR) is 149 cm³/mol. The number of morpholine rings is 1. The lowest BCUT2D eigenvalue weighted by atomic mass is 10.1. The van der Waals surface area contributed by atoms with Crippen LogP contribution in [0.25, 0.3) is 11.8 Å². The number of aromatic nitrogens is 2. The average Bonchev–Trinajstić information content (AvgIpc) is 3.47. The van der Waals surface area contributed by atoms with Crippen LogP contribution in [0.2, 0.25) is 5.15 Å². The number of para-hydroxylation sites is 1. The summed E-state index contributed by atoms with van der Waals surface area (Å²) in [6.45, 7) is 4.74. The molecule has 1 aromatic heterocycles. The fourth-order valence-corrected chi connectivity index (χ4v) is 5.01. The van der Waals surface area contributed by atoms with Crippen LogP contribution < -0.4 is 0 Å². The molecular weight excluding hydrogens is 504 g/mol. The lowest BCUT2D eigenvalue weighted by Crippen LogP contribution is -2.36. The lowest BCUT2D eigenvalue weighted by Gasteiger charge is -2.31. The number of hydrogen-bond donors (Lipinski definition) is 0. The van der Waals surface area contributed by atoms with Crippen molar-refractivity contribution >= 4 is 35.8 Å². The molecule has 2 heterocycles. The Labute approximate surface area is 225 Å². The number of ether oxygens (including phenoxy) is 1. The zero-order chi connectivity index (χ0) is 26.5. The second-order valence-corrected chi connectivity index (χ2v) is 9.38. The number of non-ortho nitro benzene ring substituents is 1. The number of halogens is 1. The number of allylic oxidation sites excluding steroid dienone is 2. The van der Waals surface area contributed by atoms with Crippen LogP contribution in [-0.2, 0) is 4.74 Å². The summed E-state index contributed by atoms with van der Waals surface area (Å²) in [5, 5.41) is 24.9. The van der Waals surface area contributed by atoms with Crippen molar-refractivity contribution in [1.82, 2.24) is 14.7 Å². The van der Waals surface area contributed by atoms with Gasteiger partial charge in [0, 0.05) is 30.9 Å². The van der Waals surface area contributed by atoms with Gasteiger partial charge in [-0.2, -0.15) is 15.3 Å². The molecule has 0 N–H and O–H groups in total. The second-order valence-electron chi connectivity index (χ2n) is 9.02. The van der Waals surface area contributed by atoms with Crippen molar-refractivity contribution < 1.29 is 9.66 Å². The SMILES string of the molecule is Cc1nn(-c2ccccc2)c(Cl)c1/C=N\N=C/C1=C(N2CCOCC2)C(=C/c2cccc([N+](=O)[O-])c2)/CC1. The van der Waals surface area contributed by atoms with Crippen LogP contribution in [0.4, 0.5) is 5.69 Å². The van der Waals surface area contributed by atoms with E-state index in [2.05, 4.69) is 20.2 Å². The van der Waals surface area contributed by atoms with E-state index in [1.54, 1.807) is 29.2 Å². The van der Waals surface area contributed by atoms with E-state index in [9.17, 15) is 10.1 Å². The number of nitro benzene ring substituents is 1. The maximum Gasteiger partial charge on any atom is 0.270 e. The first kappa shape index (κ1) is 25.6. The van der Waals surface area contributed by atoms with Gasteiger partial charge in [0.15, 0.2) is 0 Å². The van der Waals surface area contributed by atoms with Gasteiger partial charge < -0.3 is 9.64 Å². The molecule has 0 unspecified atom stereocenters. The highest BCUT2D eigenvalue weighted by Gasteiger charge is 2.25. The first-order chi connectivity index (χ1) is 18.5. The van der Waals surface area contributed by atoms with E-state index < -0.39 is 0 Å². The monoisotopic (exact) mass is 530 g/mol. The van der Waals surface area contributed by atoms with Crippen molar-refractivity contribution in [3.05, 3.63) is 104 Å². The summed E-state index contributed by atoms with van der Waals surface area (Å²) in [5.74, 6) is 0. The van der Waals surface area contributed by atoms with Gasteiger partial charge in [-0.3, -0.25) is 10.1 Å². The summed E-state index contributed by atoms with van der Waals surface area (Å²) in [6, 6.07) is 16.4. The molecule has 194 valence electrons. The predicted octanol–water partition coefficient (Wildman–Crippen LogP) is 5.61. The normalized spacial score (nSPS) is 17.4. The number of nitrogens with zero attached hydrogens (tertiary/aromatic N) is 6. The maximum atomic E-state index is 11.2. The molecule has 2 aromatic carbocycles. The molecule has 5 rings (SSSR count). The smallest absolute Gasteiger partial charge is 0.270 e. The molecule has 3 aromatic rings. The third-order valence-electron chi connectivity index (χ3n) is 6.54. The minimum Gasteiger partial charge on any atom is -0.378 e. The van der Waals surface area contributed by atoms with Gasteiger partial charge in [-0.15, -0.1) is 0 Å². The van der Waals surface area contributed by atoms with Crippen LogP contribution in [0.5, 0.6) is 0 Å². The fourth-order valence-electron chi connectivity index (χ4n) is 4.69. The molecule has 0 atom stereocenters. The molecular formula is C28H27ClN6O3. The number of rotatable bonds is 7. The molecule has 38 heavy (non-hydrogen) atoms. The Bertz CT molecular complexity index is 1450. The van der Waals surface area contributed by atoms with Crippen LogP contribution in [0, 0.1) is 17.0 Å². The van der Waals surface area contributed by atoms with Crippen LogP contribution in [0.1, 0.15) is 29.7 Å². The van der Waals surface area contributed by atoms with E-state index >= 15 is 0 Å². The first-order valence-corrected chi connectivity index (χ1v) is 12.8. The molecule has 0 amide bonds. The van der Waals surface area contributed by atoms with Gasteiger partial charge in [0.2, 0.25) is 0 Å². The van der Waals surface area contributed by atoms with Crippen molar-refractivity contribution in [3.63, 3.8) is 0 Å². The minimum absolute atomic E-state index is 0.0786. The topological polar surface area (TPSA) is 98.2 Å². The first-order valence-electron chi connectivity index (χ1n) is 12.4. The van der Waals surface area contributed by atoms with E-state index in [0.717, 1.165) is 59.7 Å². The van der Waals surface area contributed by atoms with Gasteiger partial charge in [-0.05, 0) is 54.7 Å². The third-order valence-corrected chi connectivity index (χ3v) is 6.90. The molecule has 9 nitrogen and oxygen atoms in total. The average molecular weight is 531 g/mol. The Balaban J connectivity index is 1.42. The van der Waals surface area contributed by atoms with Crippen LogP contribution in [0.3, 0.4) is 0 Å². The largest absolute Gasteiger partial charge is 0.378 e. The molecule has 1 fully saturated rings. The van der Waals surface area contributed by atoms with E-state index in [-0.39, 0.29) is 10.6 Å². The van der Waals surface area contributed by atoms with Gasteiger partial charge in [-0.25, -0.2) is 4.68 Å². The Morgan fingerprint density at radius 3 is 2.58 bits per heavy atom. The second kappa shape index (κ2) is 11.5. The van der Waals surface area contributed by atoms with E-state index in [1.807, 2.05) is 49.4 Å². The quantitative estimate of drug-likeness (QED) is 0.224. The van der Waals surface area contributed by atoms with Crippen molar-refractivity contribution in [2.75, 3.05) is 26.3 Å². The molecule has 1 saturated heterocycles. The van der Waals surface area contributed by atoms with Crippen LogP contribution >= 0.6 is 11.6 Å². The van der Waals surface area contributed by atoms with Crippen molar-refractivity contribution in [3.8, 4) is 5.69 Å². The molecule has 0 spiro atoms. The highest BCUT2D eigenvalue weighted by atomic mass is 35.5. The van der Waals surface area contributed by atoms with Crippen molar-refractivity contribution in [1.29, 1.82) is 0 Å². The van der Waals surface area contributed by atoms with Gasteiger partial charge in [0.1, 0.15) is 5.15 Å². The Morgan fingerprint density at radius 2 is 1.82 bits per heavy atom.